The number of benzene rings is 1. The predicted octanol–water partition coefficient (Wildman–Crippen LogP) is 4.58. The number of aromatic nitrogens is 1. The summed E-state index contributed by atoms with van der Waals surface area (Å²) in [6, 6.07) is 6.52. The summed E-state index contributed by atoms with van der Waals surface area (Å²) in [7, 11) is 0. The number of aryl methyl sites for hydroxylation is 1. The van der Waals surface area contributed by atoms with Gasteiger partial charge in [0.25, 0.3) is 0 Å². The van der Waals surface area contributed by atoms with Crippen LogP contribution in [0.15, 0.2) is 24.3 Å². The highest BCUT2D eigenvalue weighted by molar-refractivity contribution is 6.30. The Balaban J connectivity index is 2.23. The molecule has 4 heteroatoms. The van der Waals surface area contributed by atoms with Gasteiger partial charge < -0.3 is 9.67 Å². The summed E-state index contributed by atoms with van der Waals surface area (Å²) in [6.45, 7) is 6.18. The molecule has 0 saturated carbocycles. The topological polar surface area (TPSA) is 25.2 Å². The minimum Gasteiger partial charge on any atom is -0.388 e. The molecule has 3 rings (SSSR count). The molecule has 1 aromatic carbocycles. The zero-order valence-corrected chi connectivity index (χ0v) is 13.2. The Morgan fingerprint density at radius 3 is 2.76 bits per heavy atom. The van der Waals surface area contributed by atoms with E-state index in [9.17, 15) is 9.50 Å². The van der Waals surface area contributed by atoms with Crippen molar-refractivity contribution in [2.75, 3.05) is 0 Å². The summed E-state index contributed by atoms with van der Waals surface area (Å²) < 4.78 is 16.1. The van der Waals surface area contributed by atoms with E-state index in [1.54, 1.807) is 12.1 Å². The predicted molar refractivity (Wildman–Crippen MR) is 82.5 cm³/mol. The molecule has 0 radical (unpaired) electrons. The van der Waals surface area contributed by atoms with Gasteiger partial charge in [0.1, 0.15) is 5.82 Å². The summed E-state index contributed by atoms with van der Waals surface area (Å²) in [5.41, 5.74) is 3.25. The van der Waals surface area contributed by atoms with Crippen LogP contribution in [-0.4, -0.2) is 9.67 Å². The molecule has 1 aliphatic rings. The quantitative estimate of drug-likeness (QED) is 0.819. The van der Waals surface area contributed by atoms with Gasteiger partial charge in [0.05, 0.1) is 11.8 Å². The summed E-state index contributed by atoms with van der Waals surface area (Å²) in [6.07, 6.45) is 1.03. The van der Waals surface area contributed by atoms with Gasteiger partial charge in [0.15, 0.2) is 0 Å². The summed E-state index contributed by atoms with van der Waals surface area (Å²) in [5, 5.41) is 10.9. The molecule has 0 aliphatic heterocycles. The molecule has 1 aliphatic carbocycles. The van der Waals surface area contributed by atoms with Crippen molar-refractivity contribution in [3.05, 3.63) is 52.1 Å². The van der Waals surface area contributed by atoms with Gasteiger partial charge in [-0.3, -0.25) is 0 Å². The van der Waals surface area contributed by atoms with E-state index in [2.05, 4.69) is 13.8 Å². The van der Waals surface area contributed by atoms with E-state index in [-0.39, 0.29) is 11.2 Å². The standard InChI is InChI=1S/C17H19ClFNO/c1-10-6-12-15(8-17(2,3)9-16(12)21)20(10)14-7-11(18)4-5-13(14)19/h4-7,16,21H,8-9H2,1-3H3. The molecule has 0 spiro atoms. The van der Waals surface area contributed by atoms with Gasteiger partial charge in [-0.25, -0.2) is 4.39 Å². The fourth-order valence-corrected chi connectivity index (χ4v) is 3.50. The molecular formula is C17H19ClFNO. The van der Waals surface area contributed by atoms with Crippen LogP contribution in [0.3, 0.4) is 0 Å². The number of aliphatic hydroxyl groups excluding tert-OH is 1. The zero-order valence-electron chi connectivity index (χ0n) is 12.5. The molecule has 1 aromatic heterocycles. The third-order valence-corrected chi connectivity index (χ3v) is 4.46. The van der Waals surface area contributed by atoms with Crippen LogP contribution in [0, 0.1) is 18.2 Å². The van der Waals surface area contributed by atoms with E-state index < -0.39 is 6.10 Å². The number of hydrogen-bond donors (Lipinski definition) is 1. The average molecular weight is 308 g/mol. The van der Waals surface area contributed by atoms with E-state index in [0.717, 1.165) is 29.8 Å². The molecule has 1 atom stereocenters. The number of fused-ring (bicyclic) bond motifs is 1. The first kappa shape index (κ1) is 14.6. The molecule has 1 unspecified atom stereocenters. The Bertz CT molecular complexity index is 705. The van der Waals surface area contributed by atoms with Gasteiger partial charge in [-0.15, -0.1) is 0 Å². The first-order valence-electron chi connectivity index (χ1n) is 7.13. The molecule has 0 saturated heterocycles. The SMILES string of the molecule is Cc1cc2c(n1-c1cc(Cl)ccc1F)CC(C)(C)CC2O. The van der Waals surface area contributed by atoms with Crippen molar-refractivity contribution in [1.29, 1.82) is 0 Å². The monoisotopic (exact) mass is 307 g/mol. The molecule has 0 bridgehead atoms. The zero-order chi connectivity index (χ0) is 15.4. The number of nitrogens with zero attached hydrogens (tertiary/aromatic N) is 1. The Labute approximate surface area is 129 Å². The number of hydrogen-bond acceptors (Lipinski definition) is 1. The fraction of sp³-hybridized carbons (Fsp3) is 0.412. The van der Waals surface area contributed by atoms with Crippen LogP contribution in [-0.2, 0) is 6.42 Å². The molecule has 0 fully saturated rings. The average Bonchev–Trinajstić information content (AvgIpc) is 2.68. The lowest BCUT2D eigenvalue weighted by Crippen LogP contribution is -2.26. The highest BCUT2D eigenvalue weighted by Crippen LogP contribution is 2.43. The second kappa shape index (κ2) is 4.85. The molecule has 2 nitrogen and oxygen atoms in total. The first-order valence-corrected chi connectivity index (χ1v) is 7.51. The van der Waals surface area contributed by atoms with E-state index in [1.165, 1.54) is 6.07 Å². The third kappa shape index (κ3) is 2.49. The lowest BCUT2D eigenvalue weighted by Gasteiger charge is -2.34. The van der Waals surface area contributed by atoms with Gasteiger partial charge >= 0.3 is 0 Å². The smallest absolute Gasteiger partial charge is 0.147 e. The van der Waals surface area contributed by atoms with Crippen LogP contribution in [0.4, 0.5) is 4.39 Å². The molecular weight excluding hydrogens is 289 g/mol. The van der Waals surface area contributed by atoms with Crippen molar-refractivity contribution < 1.29 is 9.50 Å². The van der Waals surface area contributed by atoms with Crippen molar-refractivity contribution in [3.63, 3.8) is 0 Å². The molecule has 2 aromatic rings. The highest BCUT2D eigenvalue weighted by atomic mass is 35.5. The maximum absolute atomic E-state index is 14.2. The van der Waals surface area contributed by atoms with E-state index >= 15 is 0 Å². The maximum Gasteiger partial charge on any atom is 0.147 e. The van der Waals surface area contributed by atoms with Crippen LogP contribution in [0.25, 0.3) is 5.69 Å². The van der Waals surface area contributed by atoms with Gasteiger partial charge in [-0.2, -0.15) is 0 Å². The Hall–Kier alpha value is -1.32. The summed E-state index contributed by atoms with van der Waals surface area (Å²) >= 11 is 6.02. The van der Waals surface area contributed by atoms with Crippen LogP contribution < -0.4 is 0 Å². The lowest BCUT2D eigenvalue weighted by molar-refractivity contribution is 0.0986. The molecule has 1 N–H and O–H groups in total. The molecule has 0 amide bonds. The number of aliphatic hydroxyl groups is 1. The number of halogens is 2. The van der Waals surface area contributed by atoms with E-state index in [4.69, 9.17) is 11.6 Å². The minimum atomic E-state index is -0.494. The van der Waals surface area contributed by atoms with Crippen LogP contribution >= 0.6 is 11.6 Å². The van der Waals surface area contributed by atoms with Crippen molar-refractivity contribution in [1.82, 2.24) is 4.57 Å². The van der Waals surface area contributed by atoms with Gasteiger partial charge in [0, 0.05) is 22.0 Å². The Morgan fingerprint density at radius 2 is 2.05 bits per heavy atom. The second-order valence-corrected chi connectivity index (χ2v) is 7.12. The molecule has 21 heavy (non-hydrogen) atoms. The van der Waals surface area contributed by atoms with Crippen LogP contribution in [0.2, 0.25) is 5.02 Å². The van der Waals surface area contributed by atoms with Crippen LogP contribution in [0.1, 0.15) is 43.3 Å². The van der Waals surface area contributed by atoms with Crippen LogP contribution in [0.5, 0.6) is 0 Å². The first-order chi connectivity index (χ1) is 9.78. The molecule has 1 heterocycles. The summed E-state index contributed by atoms with van der Waals surface area (Å²) in [4.78, 5) is 0. The minimum absolute atomic E-state index is 0.00991. The van der Waals surface area contributed by atoms with Crippen molar-refractivity contribution in [2.45, 2.75) is 39.7 Å². The molecule has 112 valence electrons. The van der Waals surface area contributed by atoms with Gasteiger partial charge in [0.2, 0.25) is 0 Å². The van der Waals surface area contributed by atoms with E-state index in [1.807, 2.05) is 17.6 Å². The van der Waals surface area contributed by atoms with E-state index in [0.29, 0.717) is 10.7 Å². The lowest BCUT2D eigenvalue weighted by atomic mass is 9.75. The normalized spacial score (nSPS) is 20.4. The van der Waals surface area contributed by atoms with Crippen molar-refractivity contribution in [3.8, 4) is 5.69 Å². The van der Waals surface area contributed by atoms with Gasteiger partial charge in [-0.05, 0) is 49.4 Å². The highest BCUT2D eigenvalue weighted by Gasteiger charge is 2.34. The fourth-order valence-electron chi connectivity index (χ4n) is 3.34. The largest absolute Gasteiger partial charge is 0.388 e. The third-order valence-electron chi connectivity index (χ3n) is 4.22. The Kier molecular flexibility index (Phi) is 3.38. The second-order valence-electron chi connectivity index (χ2n) is 6.68. The number of rotatable bonds is 1. The Morgan fingerprint density at radius 1 is 1.33 bits per heavy atom. The van der Waals surface area contributed by atoms with Crippen molar-refractivity contribution in [2.24, 2.45) is 5.41 Å². The summed E-state index contributed by atoms with van der Waals surface area (Å²) in [5.74, 6) is -0.307. The van der Waals surface area contributed by atoms with Crippen molar-refractivity contribution >= 4 is 11.6 Å². The van der Waals surface area contributed by atoms with Gasteiger partial charge in [-0.1, -0.05) is 25.4 Å². The maximum atomic E-state index is 14.2.